The molecule has 29 heavy (non-hydrogen) atoms. The first-order valence-corrected chi connectivity index (χ1v) is 12.0. The van der Waals surface area contributed by atoms with Gasteiger partial charge in [-0.15, -0.1) is 0 Å². The van der Waals surface area contributed by atoms with E-state index in [0.717, 1.165) is 35.4 Å². The van der Waals surface area contributed by atoms with Crippen LogP contribution in [-0.4, -0.2) is 23.5 Å². The summed E-state index contributed by atoms with van der Waals surface area (Å²) in [5.74, 6) is 0. The molecule has 1 aliphatic heterocycles. The third kappa shape index (κ3) is 4.09. The average molecular weight is 406 g/mol. The Balaban J connectivity index is 1.90. The second-order valence-electron chi connectivity index (χ2n) is 7.58. The molecule has 1 fully saturated rings. The van der Waals surface area contributed by atoms with Gasteiger partial charge < -0.3 is 14.4 Å². The lowest BCUT2D eigenvalue weighted by molar-refractivity contribution is -0.0121. The smallest absolute Gasteiger partial charge is 0.151 e. The van der Waals surface area contributed by atoms with E-state index in [1.54, 1.807) is 0 Å². The highest BCUT2D eigenvalue weighted by Gasteiger charge is 2.46. The van der Waals surface area contributed by atoms with Crippen molar-refractivity contribution in [2.45, 2.75) is 37.1 Å². The summed E-state index contributed by atoms with van der Waals surface area (Å²) in [7, 11) is -3.20. The Morgan fingerprint density at radius 3 is 1.79 bits per heavy atom. The van der Waals surface area contributed by atoms with Crippen LogP contribution >= 0.6 is 7.14 Å². The van der Waals surface area contributed by atoms with Gasteiger partial charge in [-0.2, -0.15) is 0 Å². The van der Waals surface area contributed by atoms with Gasteiger partial charge in [-0.3, -0.25) is 0 Å². The Bertz CT molecular complexity index is 894. The predicted octanol–water partition coefficient (Wildman–Crippen LogP) is 4.67. The van der Waals surface area contributed by atoms with Gasteiger partial charge in [0.05, 0.1) is 17.9 Å². The van der Waals surface area contributed by atoms with E-state index in [2.05, 4.69) is 0 Å². The summed E-state index contributed by atoms with van der Waals surface area (Å²) in [5.41, 5.74) is 0.230. The van der Waals surface area contributed by atoms with Crippen molar-refractivity contribution in [3.8, 4) is 0 Å². The minimum Gasteiger partial charge on any atom is -0.388 e. The third-order valence-corrected chi connectivity index (χ3v) is 9.35. The standard InChI is InChI=1S/C25H27O3P/c26-24(20-12-4-1-5-13-20)25(23-18-10-11-19-28-23)29(27,21-14-6-2-7-15-21)22-16-8-3-9-17-22/h1-9,12-17,23-26H,10-11,18-19H2/t23?,24-,25+/m1/s1. The van der Waals surface area contributed by atoms with E-state index in [-0.39, 0.29) is 6.10 Å². The highest BCUT2D eigenvalue weighted by Crippen LogP contribution is 2.55. The first kappa shape index (κ1) is 20.1. The molecule has 0 bridgehead atoms. The average Bonchev–Trinajstić information content (AvgIpc) is 2.81. The van der Waals surface area contributed by atoms with E-state index in [1.165, 1.54) is 0 Å². The minimum absolute atomic E-state index is 0.259. The predicted molar refractivity (Wildman–Crippen MR) is 119 cm³/mol. The van der Waals surface area contributed by atoms with Gasteiger partial charge in [0.1, 0.15) is 0 Å². The van der Waals surface area contributed by atoms with Gasteiger partial charge in [-0.25, -0.2) is 0 Å². The quantitative estimate of drug-likeness (QED) is 0.605. The van der Waals surface area contributed by atoms with E-state index in [1.807, 2.05) is 91.0 Å². The molecule has 1 aliphatic rings. The van der Waals surface area contributed by atoms with Crippen molar-refractivity contribution in [3.63, 3.8) is 0 Å². The molecule has 0 aliphatic carbocycles. The Morgan fingerprint density at radius 2 is 1.31 bits per heavy atom. The van der Waals surface area contributed by atoms with Gasteiger partial charge in [0.25, 0.3) is 0 Å². The summed E-state index contributed by atoms with van der Waals surface area (Å²) in [4.78, 5) is 0. The Kier molecular flexibility index (Phi) is 6.30. The first-order chi connectivity index (χ1) is 14.2. The fraction of sp³-hybridized carbons (Fsp3) is 0.280. The number of hydrogen-bond acceptors (Lipinski definition) is 3. The number of ether oxygens (including phenoxy) is 1. The van der Waals surface area contributed by atoms with Crippen LogP contribution in [0.4, 0.5) is 0 Å². The van der Waals surface area contributed by atoms with Crippen molar-refractivity contribution in [3.05, 3.63) is 96.6 Å². The Morgan fingerprint density at radius 1 is 0.793 bits per heavy atom. The molecule has 3 atom stereocenters. The fourth-order valence-corrected chi connectivity index (χ4v) is 7.80. The minimum atomic E-state index is -3.20. The molecule has 3 aromatic carbocycles. The zero-order chi connectivity index (χ0) is 20.1. The van der Waals surface area contributed by atoms with Crippen LogP contribution in [0.15, 0.2) is 91.0 Å². The molecule has 1 N–H and O–H groups in total. The topological polar surface area (TPSA) is 46.5 Å². The maximum atomic E-state index is 15.0. The third-order valence-electron chi connectivity index (χ3n) is 5.76. The molecular formula is C25H27O3P. The van der Waals surface area contributed by atoms with Gasteiger partial charge in [0, 0.05) is 17.2 Å². The molecule has 0 radical (unpaired) electrons. The molecule has 1 saturated heterocycles. The van der Waals surface area contributed by atoms with Gasteiger partial charge in [0.15, 0.2) is 7.14 Å². The highest BCUT2D eigenvalue weighted by atomic mass is 31.2. The van der Waals surface area contributed by atoms with Crippen molar-refractivity contribution in [2.75, 3.05) is 6.61 Å². The summed E-state index contributed by atoms with van der Waals surface area (Å²) in [6, 6.07) is 28.7. The molecule has 4 heteroatoms. The van der Waals surface area contributed by atoms with Crippen molar-refractivity contribution >= 4 is 17.8 Å². The summed E-state index contributed by atoms with van der Waals surface area (Å²) in [5, 5.41) is 13.1. The van der Waals surface area contributed by atoms with E-state index >= 15 is 0 Å². The summed E-state index contributed by atoms with van der Waals surface area (Å²) in [6.45, 7) is 0.645. The number of rotatable bonds is 6. The van der Waals surface area contributed by atoms with Crippen molar-refractivity contribution in [2.24, 2.45) is 0 Å². The van der Waals surface area contributed by atoms with Gasteiger partial charge in [-0.1, -0.05) is 91.0 Å². The summed E-state index contributed by atoms with van der Waals surface area (Å²) in [6.07, 6.45) is 1.69. The van der Waals surface area contributed by atoms with Crippen LogP contribution < -0.4 is 10.6 Å². The van der Waals surface area contributed by atoms with Crippen LogP contribution in [0.25, 0.3) is 0 Å². The van der Waals surface area contributed by atoms with E-state index in [0.29, 0.717) is 6.61 Å². The van der Waals surface area contributed by atoms with Crippen molar-refractivity contribution < 1.29 is 14.4 Å². The van der Waals surface area contributed by atoms with E-state index in [9.17, 15) is 9.67 Å². The van der Waals surface area contributed by atoms with E-state index < -0.39 is 18.9 Å². The molecule has 1 heterocycles. The van der Waals surface area contributed by atoms with Crippen LogP contribution in [0.3, 0.4) is 0 Å². The van der Waals surface area contributed by atoms with Crippen LogP contribution in [-0.2, 0) is 9.30 Å². The summed E-state index contributed by atoms with van der Waals surface area (Å²) < 4.78 is 21.1. The zero-order valence-corrected chi connectivity index (χ0v) is 17.3. The molecular weight excluding hydrogens is 379 g/mol. The first-order valence-electron chi connectivity index (χ1n) is 10.3. The molecule has 0 amide bonds. The van der Waals surface area contributed by atoms with Crippen LogP contribution in [0.2, 0.25) is 0 Å². The number of aliphatic hydroxyl groups is 1. The Labute approximate surface area is 172 Å². The Hall–Kier alpha value is -2.19. The van der Waals surface area contributed by atoms with Gasteiger partial charge >= 0.3 is 0 Å². The lowest BCUT2D eigenvalue weighted by Crippen LogP contribution is -2.42. The van der Waals surface area contributed by atoms with Crippen molar-refractivity contribution in [1.29, 1.82) is 0 Å². The zero-order valence-electron chi connectivity index (χ0n) is 16.4. The fourth-order valence-electron chi connectivity index (χ4n) is 4.31. The number of hydrogen-bond donors (Lipinski definition) is 1. The second kappa shape index (κ2) is 9.09. The monoisotopic (exact) mass is 406 g/mol. The molecule has 0 aromatic heterocycles. The SMILES string of the molecule is O=P(c1ccccc1)(c1ccccc1)[C@@H](C1CCCCO1)[C@H](O)c1ccccc1. The molecule has 3 nitrogen and oxygen atoms in total. The molecule has 150 valence electrons. The molecule has 1 unspecified atom stereocenters. The van der Waals surface area contributed by atoms with Crippen LogP contribution in [0.1, 0.15) is 30.9 Å². The maximum absolute atomic E-state index is 15.0. The number of benzene rings is 3. The highest BCUT2D eigenvalue weighted by molar-refractivity contribution is 7.79. The molecule has 0 saturated carbocycles. The molecule has 4 rings (SSSR count). The molecule has 3 aromatic rings. The summed E-state index contributed by atoms with van der Waals surface area (Å²) >= 11 is 0. The van der Waals surface area contributed by atoms with Gasteiger partial charge in [0.2, 0.25) is 0 Å². The van der Waals surface area contributed by atoms with Crippen LogP contribution in [0.5, 0.6) is 0 Å². The largest absolute Gasteiger partial charge is 0.388 e. The van der Waals surface area contributed by atoms with E-state index in [4.69, 9.17) is 4.74 Å². The lowest BCUT2D eigenvalue weighted by atomic mass is 9.98. The van der Waals surface area contributed by atoms with Crippen LogP contribution in [0, 0.1) is 0 Å². The number of aliphatic hydroxyl groups excluding tert-OH is 1. The normalized spacial score (nSPS) is 19.4. The maximum Gasteiger partial charge on any atom is 0.151 e. The molecule has 0 spiro atoms. The second-order valence-corrected chi connectivity index (χ2v) is 10.5. The van der Waals surface area contributed by atoms with Gasteiger partial charge in [-0.05, 0) is 24.8 Å². The van der Waals surface area contributed by atoms with Crippen molar-refractivity contribution in [1.82, 2.24) is 0 Å². The lowest BCUT2D eigenvalue weighted by Gasteiger charge is -2.39.